The summed E-state index contributed by atoms with van der Waals surface area (Å²) in [5.74, 6) is -0.422. The van der Waals surface area contributed by atoms with Gasteiger partial charge in [0.25, 0.3) is 0 Å². The second-order valence-corrected chi connectivity index (χ2v) is 7.44. The molecule has 0 unspecified atom stereocenters. The van der Waals surface area contributed by atoms with Crippen LogP contribution in [0.3, 0.4) is 0 Å². The lowest BCUT2D eigenvalue weighted by molar-refractivity contribution is -0.141. The lowest BCUT2D eigenvalue weighted by Crippen LogP contribution is -2.50. The van der Waals surface area contributed by atoms with Gasteiger partial charge >= 0.3 is 0 Å². The van der Waals surface area contributed by atoms with Crippen LogP contribution in [0.1, 0.15) is 19.8 Å². The molecule has 148 valence electrons. The highest BCUT2D eigenvalue weighted by Crippen LogP contribution is 2.25. The number of anilines is 1. The summed E-state index contributed by atoms with van der Waals surface area (Å²) >= 11 is 5.97. The molecule has 2 aliphatic rings. The molecule has 0 spiro atoms. The van der Waals surface area contributed by atoms with Gasteiger partial charge in [0, 0.05) is 19.0 Å². The number of hydrogen-bond donors (Lipinski definition) is 1. The Bertz CT molecular complexity index is 689. The van der Waals surface area contributed by atoms with E-state index in [-0.39, 0.29) is 28.8 Å². The maximum Gasteiger partial charge on any atom is 0.241 e. The number of ether oxygens (including phenoxy) is 1. The second-order valence-electron chi connectivity index (χ2n) is 7.04. The minimum atomic E-state index is -0.446. The van der Waals surface area contributed by atoms with Gasteiger partial charge in [0.1, 0.15) is 5.82 Å². The van der Waals surface area contributed by atoms with Crippen molar-refractivity contribution in [2.24, 2.45) is 5.92 Å². The minimum Gasteiger partial charge on any atom is -0.378 e. The van der Waals surface area contributed by atoms with Crippen LogP contribution in [0.2, 0.25) is 5.02 Å². The summed E-state index contributed by atoms with van der Waals surface area (Å²) in [6.45, 7) is 5.74. The topological polar surface area (TPSA) is 61.9 Å². The maximum atomic E-state index is 13.1. The lowest BCUT2D eigenvalue weighted by atomic mass is 9.94. The van der Waals surface area contributed by atoms with Crippen LogP contribution in [0.5, 0.6) is 0 Å². The Kier molecular flexibility index (Phi) is 6.68. The van der Waals surface area contributed by atoms with E-state index < -0.39 is 5.82 Å². The summed E-state index contributed by atoms with van der Waals surface area (Å²) in [6.07, 6.45) is 1.48. The smallest absolute Gasteiger partial charge is 0.241 e. The van der Waals surface area contributed by atoms with E-state index in [0.29, 0.717) is 45.1 Å². The summed E-state index contributed by atoms with van der Waals surface area (Å²) in [5.41, 5.74) is 0.396. The molecule has 1 atom stereocenters. The average Bonchev–Trinajstić information content (AvgIpc) is 2.69. The Hall–Kier alpha value is -1.70. The quantitative estimate of drug-likeness (QED) is 0.847. The molecule has 1 N–H and O–H groups in total. The Morgan fingerprint density at radius 3 is 2.52 bits per heavy atom. The number of nitrogens with one attached hydrogen (secondary N) is 1. The summed E-state index contributed by atoms with van der Waals surface area (Å²) in [6, 6.07) is 3.53. The highest BCUT2D eigenvalue weighted by molar-refractivity contribution is 6.33. The van der Waals surface area contributed by atoms with Crippen LogP contribution >= 0.6 is 11.6 Å². The first-order valence-electron chi connectivity index (χ1n) is 9.32. The third-order valence-electron chi connectivity index (χ3n) is 5.32. The Morgan fingerprint density at radius 1 is 1.22 bits per heavy atom. The normalized spacial score (nSPS) is 20.3. The summed E-state index contributed by atoms with van der Waals surface area (Å²) in [5, 5.41) is 2.92. The van der Waals surface area contributed by atoms with Crippen molar-refractivity contribution in [3.8, 4) is 0 Å². The predicted molar refractivity (Wildman–Crippen MR) is 101 cm³/mol. The molecule has 1 aromatic carbocycles. The molecular formula is C19H25ClFN3O3. The number of likely N-dealkylation sites (tertiary alicyclic amines) is 1. The Morgan fingerprint density at radius 2 is 1.89 bits per heavy atom. The van der Waals surface area contributed by atoms with Crippen molar-refractivity contribution < 1.29 is 18.7 Å². The van der Waals surface area contributed by atoms with Gasteiger partial charge in [0.05, 0.1) is 30.0 Å². The number of carbonyl (C=O) groups excluding carboxylic acids is 2. The molecule has 2 amide bonds. The molecule has 0 aromatic heterocycles. The number of halogens is 2. The maximum absolute atomic E-state index is 13.1. The van der Waals surface area contributed by atoms with E-state index in [1.54, 1.807) is 0 Å². The molecule has 2 heterocycles. The zero-order valence-corrected chi connectivity index (χ0v) is 16.2. The summed E-state index contributed by atoms with van der Waals surface area (Å²) in [7, 11) is 0. The fraction of sp³-hybridized carbons (Fsp3) is 0.579. The predicted octanol–water partition coefficient (Wildman–Crippen LogP) is 2.38. The standard InChI is InChI=1S/C19H25ClFN3O3/c1-13(18(25)22-17-3-2-15(21)12-16(17)20)23-6-4-14(5-7-23)19(26)24-8-10-27-11-9-24/h2-3,12-14H,4-11H2,1H3,(H,22,25)/t13-/m1/s1. The SMILES string of the molecule is C[C@H](C(=O)Nc1ccc(F)cc1Cl)N1CCC(C(=O)N2CCOCC2)CC1. The van der Waals surface area contributed by atoms with Gasteiger partial charge in [-0.15, -0.1) is 0 Å². The number of nitrogens with zero attached hydrogens (tertiary/aromatic N) is 2. The number of amides is 2. The van der Waals surface area contributed by atoms with Gasteiger partial charge in [-0.1, -0.05) is 11.6 Å². The summed E-state index contributed by atoms with van der Waals surface area (Å²) in [4.78, 5) is 29.1. The second kappa shape index (κ2) is 8.99. The van der Waals surface area contributed by atoms with Gasteiger partial charge in [-0.05, 0) is 51.1 Å². The Labute approximate surface area is 163 Å². The van der Waals surface area contributed by atoms with Crippen LogP contribution in [0, 0.1) is 11.7 Å². The first kappa shape index (κ1) is 20.0. The van der Waals surface area contributed by atoms with Gasteiger partial charge in [-0.25, -0.2) is 4.39 Å². The van der Waals surface area contributed by atoms with Crippen molar-refractivity contribution >= 4 is 29.1 Å². The minimum absolute atomic E-state index is 0.0150. The molecule has 2 saturated heterocycles. The van der Waals surface area contributed by atoms with Crippen LogP contribution in [0.25, 0.3) is 0 Å². The van der Waals surface area contributed by atoms with Gasteiger partial charge in [-0.2, -0.15) is 0 Å². The van der Waals surface area contributed by atoms with E-state index in [1.807, 2.05) is 11.8 Å². The third-order valence-corrected chi connectivity index (χ3v) is 5.63. The van der Waals surface area contributed by atoms with E-state index in [2.05, 4.69) is 10.2 Å². The number of piperidine rings is 1. The van der Waals surface area contributed by atoms with Crippen LogP contribution in [-0.2, 0) is 14.3 Å². The monoisotopic (exact) mass is 397 g/mol. The molecule has 0 bridgehead atoms. The average molecular weight is 398 g/mol. The summed E-state index contributed by atoms with van der Waals surface area (Å²) < 4.78 is 18.4. The van der Waals surface area contributed by atoms with Crippen molar-refractivity contribution in [2.75, 3.05) is 44.7 Å². The third kappa shape index (κ3) is 4.97. The number of morpholine rings is 1. The van der Waals surface area contributed by atoms with Crippen molar-refractivity contribution in [3.63, 3.8) is 0 Å². The zero-order valence-electron chi connectivity index (χ0n) is 15.4. The van der Waals surface area contributed by atoms with E-state index in [4.69, 9.17) is 16.3 Å². The van der Waals surface area contributed by atoms with Crippen LogP contribution in [0.4, 0.5) is 10.1 Å². The fourth-order valence-electron chi connectivity index (χ4n) is 3.57. The number of benzene rings is 1. The number of carbonyl (C=O) groups is 2. The van der Waals surface area contributed by atoms with Gasteiger partial charge in [-0.3, -0.25) is 14.5 Å². The van der Waals surface area contributed by atoms with Crippen LogP contribution in [0.15, 0.2) is 18.2 Å². The lowest BCUT2D eigenvalue weighted by Gasteiger charge is -2.37. The largest absolute Gasteiger partial charge is 0.378 e. The van der Waals surface area contributed by atoms with E-state index >= 15 is 0 Å². The highest BCUT2D eigenvalue weighted by Gasteiger charge is 2.32. The van der Waals surface area contributed by atoms with Crippen molar-refractivity contribution in [1.29, 1.82) is 0 Å². The van der Waals surface area contributed by atoms with Gasteiger partial charge < -0.3 is 15.0 Å². The molecule has 2 aliphatic heterocycles. The molecule has 27 heavy (non-hydrogen) atoms. The molecule has 0 saturated carbocycles. The molecule has 6 nitrogen and oxygen atoms in total. The number of hydrogen-bond acceptors (Lipinski definition) is 4. The van der Waals surface area contributed by atoms with E-state index in [1.165, 1.54) is 18.2 Å². The fourth-order valence-corrected chi connectivity index (χ4v) is 3.78. The van der Waals surface area contributed by atoms with E-state index in [0.717, 1.165) is 12.8 Å². The Balaban J connectivity index is 1.50. The molecule has 2 fully saturated rings. The van der Waals surface area contributed by atoms with Gasteiger partial charge in [0.15, 0.2) is 0 Å². The van der Waals surface area contributed by atoms with Crippen molar-refractivity contribution in [1.82, 2.24) is 9.80 Å². The van der Waals surface area contributed by atoms with Crippen LogP contribution < -0.4 is 5.32 Å². The number of rotatable bonds is 4. The zero-order chi connectivity index (χ0) is 19.4. The first-order chi connectivity index (χ1) is 13.0. The molecule has 0 aliphatic carbocycles. The van der Waals surface area contributed by atoms with Crippen LogP contribution in [-0.4, -0.2) is 67.0 Å². The van der Waals surface area contributed by atoms with E-state index in [9.17, 15) is 14.0 Å². The van der Waals surface area contributed by atoms with Crippen molar-refractivity contribution in [2.45, 2.75) is 25.8 Å². The molecule has 1 aromatic rings. The molecular weight excluding hydrogens is 373 g/mol. The van der Waals surface area contributed by atoms with Crippen molar-refractivity contribution in [3.05, 3.63) is 29.0 Å². The molecule has 8 heteroatoms. The highest BCUT2D eigenvalue weighted by atomic mass is 35.5. The van der Waals surface area contributed by atoms with Gasteiger partial charge in [0.2, 0.25) is 11.8 Å². The first-order valence-corrected chi connectivity index (χ1v) is 9.70. The molecule has 0 radical (unpaired) electrons. The molecule has 3 rings (SSSR count).